The summed E-state index contributed by atoms with van der Waals surface area (Å²) in [6.45, 7) is 1.76. The van der Waals surface area contributed by atoms with Crippen molar-refractivity contribution in [2.45, 2.75) is 37.3 Å². The molecule has 3 heterocycles. The minimum absolute atomic E-state index is 0.0812. The van der Waals surface area contributed by atoms with E-state index in [0.717, 1.165) is 12.8 Å². The molecule has 0 saturated carbocycles. The van der Waals surface area contributed by atoms with Gasteiger partial charge >= 0.3 is 0 Å². The van der Waals surface area contributed by atoms with Crippen LogP contribution in [0.2, 0.25) is 0 Å². The van der Waals surface area contributed by atoms with Crippen molar-refractivity contribution < 1.29 is 14.3 Å². The van der Waals surface area contributed by atoms with E-state index in [-0.39, 0.29) is 17.4 Å². The van der Waals surface area contributed by atoms with E-state index in [4.69, 9.17) is 4.42 Å². The Balaban J connectivity index is 1.28. The van der Waals surface area contributed by atoms with Crippen LogP contribution in [0.25, 0.3) is 0 Å². The summed E-state index contributed by atoms with van der Waals surface area (Å²) in [5.74, 6) is 0.994. The molecule has 1 amide bonds. The summed E-state index contributed by atoms with van der Waals surface area (Å²) in [7, 11) is 0. The zero-order chi connectivity index (χ0) is 19.1. The van der Waals surface area contributed by atoms with Gasteiger partial charge in [0.15, 0.2) is 5.76 Å². The molecule has 1 aliphatic heterocycles. The van der Waals surface area contributed by atoms with Gasteiger partial charge in [-0.05, 0) is 48.6 Å². The number of carbonyl (C=O) groups excluding carboxylic acids is 1. The standard InChI is InChI=1S/C22H23N3O3/c26-20-14-16-4-1-2-5-18(16)22(20)8-12-24(13-9-22)21(27)19-7-6-17(28-19)15-25-11-3-10-23-25/h1-7,10-11,20,26H,8-9,12-15H2. The third-order valence-corrected chi connectivity index (χ3v) is 6.30. The molecular formula is C22H23N3O3. The number of aromatic nitrogens is 2. The maximum atomic E-state index is 12.9. The molecule has 1 fully saturated rings. The first-order valence-corrected chi connectivity index (χ1v) is 9.78. The van der Waals surface area contributed by atoms with Gasteiger partial charge in [0.25, 0.3) is 5.91 Å². The lowest BCUT2D eigenvalue weighted by atomic mass is 9.72. The van der Waals surface area contributed by atoms with Crippen molar-refractivity contribution in [2.75, 3.05) is 13.1 Å². The molecule has 1 unspecified atom stereocenters. The highest BCUT2D eigenvalue weighted by molar-refractivity contribution is 5.91. The highest BCUT2D eigenvalue weighted by atomic mass is 16.4. The van der Waals surface area contributed by atoms with Crippen LogP contribution in [0.3, 0.4) is 0 Å². The lowest BCUT2D eigenvalue weighted by Crippen LogP contribution is -2.49. The van der Waals surface area contributed by atoms with Crippen LogP contribution in [0, 0.1) is 0 Å². The number of benzene rings is 1. The number of aliphatic hydroxyl groups excluding tert-OH is 1. The lowest BCUT2D eigenvalue weighted by Gasteiger charge is -2.42. The zero-order valence-corrected chi connectivity index (χ0v) is 15.6. The zero-order valence-electron chi connectivity index (χ0n) is 15.6. The smallest absolute Gasteiger partial charge is 0.289 e. The van der Waals surface area contributed by atoms with E-state index in [0.29, 0.717) is 37.6 Å². The molecular weight excluding hydrogens is 354 g/mol. The van der Waals surface area contributed by atoms with E-state index < -0.39 is 0 Å². The number of aliphatic hydroxyl groups is 1. The SMILES string of the molecule is O=C(c1ccc(Cn2cccn2)o1)N1CCC2(CC1)c1ccccc1CC2O. The third kappa shape index (κ3) is 2.76. The van der Waals surface area contributed by atoms with Crippen LogP contribution in [0.5, 0.6) is 0 Å². The van der Waals surface area contributed by atoms with Gasteiger partial charge in [-0.25, -0.2) is 0 Å². The van der Waals surface area contributed by atoms with Crippen LogP contribution in [-0.4, -0.2) is 44.9 Å². The minimum atomic E-state index is -0.369. The number of amides is 1. The summed E-state index contributed by atoms with van der Waals surface area (Å²) in [6, 6.07) is 13.7. The van der Waals surface area contributed by atoms with Crippen molar-refractivity contribution in [3.05, 3.63) is 77.5 Å². The Labute approximate surface area is 163 Å². The molecule has 2 aromatic heterocycles. The summed E-state index contributed by atoms with van der Waals surface area (Å²) >= 11 is 0. The minimum Gasteiger partial charge on any atom is -0.454 e. The Morgan fingerprint density at radius 1 is 1.18 bits per heavy atom. The van der Waals surface area contributed by atoms with Gasteiger partial charge in [0, 0.05) is 30.9 Å². The van der Waals surface area contributed by atoms with Gasteiger partial charge in [-0.3, -0.25) is 9.48 Å². The largest absolute Gasteiger partial charge is 0.454 e. The summed E-state index contributed by atoms with van der Waals surface area (Å²) in [5, 5.41) is 14.9. The number of rotatable bonds is 3. The Morgan fingerprint density at radius 3 is 2.79 bits per heavy atom. The average molecular weight is 377 g/mol. The van der Waals surface area contributed by atoms with E-state index in [1.807, 2.05) is 35.4 Å². The molecule has 6 nitrogen and oxygen atoms in total. The molecule has 144 valence electrons. The first-order chi connectivity index (χ1) is 13.7. The van der Waals surface area contributed by atoms with Crippen molar-refractivity contribution >= 4 is 5.91 Å². The number of fused-ring (bicyclic) bond motifs is 2. The van der Waals surface area contributed by atoms with Gasteiger partial charge in [-0.15, -0.1) is 0 Å². The van der Waals surface area contributed by atoms with Crippen LogP contribution in [0.15, 0.2) is 59.3 Å². The van der Waals surface area contributed by atoms with Crippen LogP contribution < -0.4 is 0 Å². The summed E-state index contributed by atoms with van der Waals surface area (Å²) in [6.07, 6.45) is 5.47. The second-order valence-corrected chi connectivity index (χ2v) is 7.80. The normalized spacial score (nSPS) is 20.5. The van der Waals surface area contributed by atoms with E-state index >= 15 is 0 Å². The van der Waals surface area contributed by atoms with Gasteiger partial charge < -0.3 is 14.4 Å². The molecule has 1 aliphatic carbocycles. The molecule has 3 aromatic rings. The number of furan rings is 1. The monoisotopic (exact) mass is 377 g/mol. The highest BCUT2D eigenvalue weighted by Crippen LogP contribution is 2.46. The Morgan fingerprint density at radius 2 is 2.00 bits per heavy atom. The van der Waals surface area contributed by atoms with E-state index in [1.54, 1.807) is 16.9 Å². The van der Waals surface area contributed by atoms with E-state index in [2.05, 4.69) is 17.2 Å². The average Bonchev–Trinajstić information content (AvgIpc) is 3.45. The van der Waals surface area contributed by atoms with Crippen LogP contribution in [-0.2, 0) is 18.4 Å². The fraction of sp³-hybridized carbons (Fsp3) is 0.364. The molecule has 1 spiro atoms. The molecule has 5 rings (SSSR count). The van der Waals surface area contributed by atoms with Gasteiger partial charge in [0.2, 0.25) is 0 Å². The number of piperidine rings is 1. The summed E-state index contributed by atoms with van der Waals surface area (Å²) < 4.78 is 7.53. The second kappa shape index (κ2) is 6.63. The molecule has 6 heteroatoms. The van der Waals surface area contributed by atoms with Crippen LogP contribution >= 0.6 is 0 Å². The Kier molecular flexibility index (Phi) is 4.09. The highest BCUT2D eigenvalue weighted by Gasteiger charge is 2.48. The number of nitrogens with zero attached hydrogens (tertiary/aromatic N) is 3. The molecule has 0 radical (unpaired) electrons. The number of hydrogen-bond acceptors (Lipinski definition) is 4. The van der Waals surface area contributed by atoms with E-state index in [9.17, 15) is 9.90 Å². The Hall–Kier alpha value is -2.86. The second-order valence-electron chi connectivity index (χ2n) is 7.80. The van der Waals surface area contributed by atoms with Crippen LogP contribution in [0.1, 0.15) is 40.3 Å². The van der Waals surface area contributed by atoms with Crippen molar-refractivity contribution in [2.24, 2.45) is 0 Å². The topological polar surface area (TPSA) is 71.5 Å². The lowest BCUT2D eigenvalue weighted by molar-refractivity contribution is 0.0348. The van der Waals surface area contributed by atoms with Crippen molar-refractivity contribution in [3.8, 4) is 0 Å². The molecule has 2 aliphatic rings. The molecule has 1 saturated heterocycles. The molecule has 1 N–H and O–H groups in total. The van der Waals surface area contributed by atoms with Gasteiger partial charge in [0.05, 0.1) is 12.6 Å². The van der Waals surface area contributed by atoms with E-state index in [1.165, 1.54) is 11.1 Å². The molecule has 1 aromatic carbocycles. The van der Waals surface area contributed by atoms with Crippen molar-refractivity contribution in [3.63, 3.8) is 0 Å². The summed E-state index contributed by atoms with van der Waals surface area (Å²) in [5.41, 5.74) is 2.28. The molecule has 0 bridgehead atoms. The molecule has 1 atom stereocenters. The predicted octanol–water partition coefficient (Wildman–Crippen LogP) is 2.62. The maximum Gasteiger partial charge on any atom is 0.289 e. The first-order valence-electron chi connectivity index (χ1n) is 9.78. The van der Waals surface area contributed by atoms with Gasteiger partial charge in [-0.2, -0.15) is 5.10 Å². The Bertz CT molecular complexity index is 984. The summed E-state index contributed by atoms with van der Waals surface area (Å²) in [4.78, 5) is 14.7. The maximum absolute atomic E-state index is 12.9. The number of hydrogen-bond donors (Lipinski definition) is 1. The van der Waals surface area contributed by atoms with Crippen molar-refractivity contribution in [1.82, 2.24) is 14.7 Å². The van der Waals surface area contributed by atoms with Gasteiger partial charge in [0.1, 0.15) is 5.76 Å². The fourth-order valence-electron chi connectivity index (χ4n) is 4.77. The predicted molar refractivity (Wildman–Crippen MR) is 103 cm³/mol. The number of carbonyl (C=O) groups is 1. The fourth-order valence-corrected chi connectivity index (χ4v) is 4.77. The molecule has 28 heavy (non-hydrogen) atoms. The first kappa shape index (κ1) is 17.3. The number of likely N-dealkylation sites (tertiary alicyclic amines) is 1. The van der Waals surface area contributed by atoms with Crippen LogP contribution in [0.4, 0.5) is 0 Å². The van der Waals surface area contributed by atoms with Crippen molar-refractivity contribution in [1.29, 1.82) is 0 Å². The van der Waals surface area contributed by atoms with Gasteiger partial charge in [-0.1, -0.05) is 24.3 Å². The third-order valence-electron chi connectivity index (χ3n) is 6.30. The quantitative estimate of drug-likeness (QED) is 0.762.